The van der Waals surface area contributed by atoms with Crippen molar-refractivity contribution in [3.63, 3.8) is 0 Å². The van der Waals surface area contributed by atoms with E-state index in [-0.39, 0.29) is 11.3 Å². The number of rotatable bonds is 6. The maximum absolute atomic E-state index is 13.2. The monoisotopic (exact) mass is 522 g/mol. The number of hydrogen-bond acceptors (Lipinski definition) is 4. The number of fused-ring (bicyclic) bond motifs is 3. The largest absolute Gasteiger partial charge is 0.454 e. The first-order valence-corrected chi connectivity index (χ1v) is 14.7. The van der Waals surface area contributed by atoms with Gasteiger partial charge in [0.05, 0.1) is 0 Å². The van der Waals surface area contributed by atoms with Crippen molar-refractivity contribution in [3.05, 3.63) is 95.6 Å². The highest BCUT2D eigenvalue weighted by molar-refractivity contribution is 5.94. The van der Waals surface area contributed by atoms with Crippen molar-refractivity contribution >= 4 is 5.91 Å². The molecule has 2 bridgehead atoms. The van der Waals surface area contributed by atoms with E-state index in [2.05, 4.69) is 58.3 Å². The second-order valence-corrected chi connectivity index (χ2v) is 12.0. The van der Waals surface area contributed by atoms with E-state index in [4.69, 9.17) is 9.47 Å². The fourth-order valence-electron chi connectivity index (χ4n) is 7.80. The van der Waals surface area contributed by atoms with E-state index in [1.807, 2.05) is 30.3 Å². The Bertz CT molecular complexity index is 1290. The van der Waals surface area contributed by atoms with E-state index in [1.54, 1.807) is 0 Å². The van der Waals surface area contributed by atoms with Crippen LogP contribution in [-0.4, -0.2) is 54.2 Å². The molecule has 0 saturated carbocycles. The highest BCUT2D eigenvalue weighted by Gasteiger charge is 2.43. The first-order valence-electron chi connectivity index (χ1n) is 14.7. The Kier molecular flexibility index (Phi) is 6.56. The average molecular weight is 523 g/mol. The molecular weight excluding hydrogens is 484 g/mol. The van der Waals surface area contributed by atoms with Crippen molar-refractivity contribution in [2.24, 2.45) is 0 Å². The maximum Gasteiger partial charge on any atom is 0.253 e. The summed E-state index contributed by atoms with van der Waals surface area (Å²) in [5.74, 6) is 2.55. The third-order valence-electron chi connectivity index (χ3n) is 10.0. The molecule has 3 aromatic carbocycles. The van der Waals surface area contributed by atoms with Crippen LogP contribution in [0.5, 0.6) is 11.5 Å². The third-order valence-corrected chi connectivity index (χ3v) is 10.0. The first kappa shape index (κ1) is 24.7. The van der Waals surface area contributed by atoms with Crippen LogP contribution in [0.1, 0.15) is 72.3 Å². The molecule has 0 spiro atoms. The highest BCUT2D eigenvalue weighted by Crippen LogP contribution is 2.47. The van der Waals surface area contributed by atoms with E-state index in [9.17, 15) is 4.79 Å². The van der Waals surface area contributed by atoms with Crippen LogP contribution in [0.2, 0.25) is 0 Å². The molecule has 0 unspecified atom stereocenters. The van der Waals surface area contributed by atoms with Crippen molar-refractivity contribution in [1.29, 1.82) is 0 Å². The number of nitrogens with zero attached hydrogens (tertiary/aromatic N) is 2. The number of hydrogen-bond donors (Lipinski definition) is 0. The van der Waals surface area contributed by atoms with E-state index < -0.39 is 0 Å². The van der Waals surface area contributed by atoms with Gasteiger partial charge in [0, 0.05) is 30.7 Å². The van der Waals surface area contributed by atoms with Gasteiger partial charge in [0.25, 0.3) is 5.91 Å². The van der Waals surface area contributed by atoms with Crippen LogP contribution < -0.4 is 9.47 Å². The number of likely N-dealkylation sites (tertiary alicyclic amines) is 1. The fraction of sp³-hybridized carbons (Fsp3) is 0.441. The Balaban J connectivity index is 1.04. The summed E-state index contributed by atoms with van der Waals surface area (Å²) in [6.45, 7) is 3.12. The van der Waals surface area contributed by atoms with Gasteiger partial charge in [-0.2, -0.15) is 0 Å². The minimum atomic E-state index is 0.127. The van der Waals surface area contributed by atoms with Gasteiger partial charge in [-0.3, -0.25) is 9.69 Å². The molecule has 5 nitrogen and oxygen atoms in total. The van der Waals surface area contributed by atoms with Gasteiger partial charge in [-0.25, -0.2) is 0 Å². The lowest BCUT2D eigenvalue weighted by Crippen LogP contribution is -2.48. The molecule has 0 aliphatic carbocycles. The zero-order valence-corrected chi connectivity index (χ0v) is 22.6. The molecule has 0 N–H and O–H groups in total. The molecule has 1 amide bonds. The topological polar surface area (TPSA) is 42.0 Å². The zero-order valence-electron chi connectivity index (χ0n) is 22.6. The van der Waals surface area contributed by atoms with Gasteiger partial charge >= 0.3 is 0 Å². The summed E-state index contributed by atoms with van der Waals surface area (Å²) in [7, 11) is 0. The number of amides is 1. The molecule has 3 fully saturated rings. The third kappa shape index (κ3) is 4.71. The Morgan fingerprint density at radius 1 is 0.821 bits per heavy atom. The fourth-order valence-corrected chi connectivity index (χ4v) is 7.80. The Labute approximate surface area is 231 Å². The smallest absolute Gasteiger partial charge is 0.253 e. The van der Waals surface area contributed by atoms with E-state index >= 15 is 0 Å². The van der Waals surface area contributed by atoms with Crippen molar-refractivity contribution in [1.82, 2.24) is 9.80 Å². The highest BCUT2D eigenvalue weighted by atomic mass is 16.7. The molecule has 39 heavy (non-hydrogen) atoms. The van der Waals surface area contributed by atoms with Crippen molar-refractivity contribution in [3.8, 4) is 11.5 Å². The van der Waals surface area contributed by atoms with E-state index in [1.165, 1.54) is 36.8 Å². The Morgan fingerprint density at radius 3 is 2.21 bits per heavy atom. The van der Waals surface area contributed by atoms with Gasteiger partial charge in [0.15, 0.2) is 11.5 Å². The Morgan fingerprint density at radius 2 is 1.49 bits per heavy atom. The second kappa shape index (κ2) is 10.3. The van der Waals surface area contributed by atoms with Crippen LogP contribution in [0.3, 0.4) is 0 Å². The standard InChI is InChI=1S/C34H38N2O3/c37-33(25-7-3-1-4-8-25)35-18-15-34(16-19-35,28-9-5-2-6-10-28)17-20-36-29-12-13-30(36)22-27(21-29)26-11-14-31-32(23-26)39-24-38-31/h1-11,14,23,27,29-30H,12-13,15-22,24H2/t27-,29+,30-. The number of carbonyl (C=O) groups excluding carboxylic acids is 1. The molecule has 5 heteroatoms. The van der Waals surface area contributed by atoms with Crippen LogP contribution in [0.4, 0.5) is 0 Å². The van der Waals surface area contributed by atoms with Crippen LogP contribution in [0.25, 0.3) is 0 Å². The molecular formula is C34H38N2O3. The average Bonchev–Trinajstić information content (AvgIpc) is 3.56. The lowest BCUT2D eigenvalue weighted by atomic mass is 9.70. The molecule has 202 valence electrons. The molecule has 3 aromatic rings. The van der Waals surface area contributed by atoms with Crippen LogP contribution >= 0.6 is 0 Å². The van der Waals surface area contributed by atoms with Gasteiger partial charge in [-0.1, -0.05) is 54.6 Å². The van der Waals surface area contributed by atoms with Crippen molar-refractivity contribution < 1.29 is 14.3 Å². The molecule has 4 aliphatic heterocycles. The lowest BCUT2D eigenvalue weighted by Gasteiger charge is -2.45. The Hall–Kier alpha value is -3.31. The number of piperidine rings is 2. The first-order chi connectivity index (χ1) is 19.2. The van der Waals surface area contributed by atoms with Crippen LogP contribution in [-0.2, 0) is 5.41 Å². The molecule has 4 heterocycles. The predicted octanol–water partition coefficient (Wildman–Crippen LogP) is 6.39. The normalized spacial score (nSPS) is 25.5. The van der Waals surface area contributed by atoms with Gasteiger partial charge in [0.1, 0.15) is 0 Å². The summed E-state index contributed by atoms with van der Waals surface area (Å²) in [5, 5.41) is 0. The SMILES string of the molecule is O=C(c1ccccc1)N1CCC(CCN2[C@@H]3CC[C@H]2C[C@@H](c2ccc4c(c2)OCO4)C3)(c2ccccc2)CC1. The predicted molar refractivity (Wildman–Crippen MR) is 152 cm³/mol. The second-order valence-electron chi connectivity index (χ2n) is 12.0. The van der Waals surface area contributed by atoms with Crippen LogP contribution in [0.15, 0.2) is 78.9 Å². The van der Waals surface area contributed by atoms with E-state index in [0.717, 1.165) is 56.0 Å². The van der Waals surface area contributed by atoms with Gasteiger partial charge < -0.3 is 14.4 Å². The van der Waals surface area contributed by atoms with Crippen molar-refractivity contribution in [2.75, 3.05) is 26.4 Å². The molecule has 0 radical (unpaired) electrons. The minimum absolute atomic E-state index is 0.127. The summed E-state index contributed by atoms with van der Waals surface area (Å²) in [6, 6.07) is 28.7. The van der Waals surface area contributed by atoms with E-state index in [0.29, 0.717) is 24.8 Å². The summed E-state index contributed by atoms with van der Waals surface area (Å²) >= 11 is 0. The van der Waals surface area contributed by atoms with Gasteiger partial charge in [-0.05, 0) is 98.2 Å². The number of carbonyl (C=O) groups is 1. The van der Waals surface area contributed by atoms with Gasteiger partial charge in [0.2, 0.25) is 6.79 Å². The summed E-state index contributed by atoms with van der Waals surface area (Å²) < 4.78 is 11.2. The molecule has 4 aliphatic rings. The minimum Gasteiger partial charge on any atom is -0.454 e. The quantitative estimate of drug-likeness (QED) is 0.376. The maximum atomic E-state index is 13.2. The zero-order chi connectivity index (χ0) is 26.2. The van der Waals surface area contributed by atoms with Crippen molar-refractivity contribution in [2.45, 2.75) is 68.4 Å². The number of benzene rings is 3. The molecule has 3 atom stereocenters. The summed E-state index contributed by atoms with van der Waals surface area (Å²) in [5.41, 5.74) is 3.78. The lowest BCUT2D eigenvalue weighted by molar-refractivity contribution is 0.0620. The van der Waals surface area contributed by atoms with Gasteiger partial charge in [-0.15, -0.1) is 0 Å². The van der Waals surface area contributed by atoms with Crippen LogP contribution in [0, 0.1) is 0 Å². The molecule has 0 aromatic heterocycles. The number of ether oxygens (including phenoxy) is 2. The summed E-state index contributed by atoms with van der Waals surface area (Å²) in [6.07, 6.45) is 8.29. The molecule has 3 saturated heterocycles. The summed E-state index contributed by atoms with van der Waals surface area (Å²) in [4.78, 5) is 18.1. The molecule has 7 rings (SSSR count).